The molecule has 1 fully saturated rings. The number of piperidine rings is 1. The highest BCUT2D eigenvalue weighted by molar-refractivity contribution is 6.32. The van der Waals surface area contributed by atoms with Gasteiger partial charge in [0.25, 0.3) is 0 Å². The van der Waals surface area contributed by atoms with Crippen molar-refractivity contribution < 1.29 is 14.2 Å². The molecule has 9 heteroatoms. The number of likely N-dealkylation sites (tertiary alicyclic amines) is 1. The highest BCUT2D eigenvalue weighted by atomic mass is 35.5. The normalized spacial score (nSPS) is 14.2. The van der Waals surface area contributed by atoms with Crippen molar-refractivity contribution in [1.82, 2.24) is 14.9 Å². The molecule has 0 aliphatic carbocycles. The van der Waals surface area contributed by atoms with Gasteiger partial charge in [0.05, 0.1) is 34.7 Å². The summed E-state index contributed by atoms with van der Waals surface area (Å²) in [7, 11) is 3.76. The molecular weight excluding hydrogens is 502 g/mol. The molecule has 1 aromatic heterocycles. The first-order valence-electron chi connectivity index (χ1n) is 12.4. The molecule has 194 valence electrons. The molecule has 1 aliphatic rings. The first-order chi connectivity index (χ1) is 18.5. The number of benzene rings is 3. The Hall–Kier alpha value is -4.06. The summed E-state index contributed by atoms with van der Waals surface area (Å²) in [4.78, 5) is 11.3. The van der Waals surface area contributed by atoms with Crippen molar-refractivity contribution in [3.8, 4) is 23.3 Å². The largest absolute Gasteiger partial charge is 0.497 e. The van der Waals surface area contributed by atoms with E-state index in [1.807, 2.05) is 36.4 Å². The van der Waals surface area contributed by atoms with Crippen molar-refractivity contribution in [2.75, 3.05) is 32.6 Å². The molecule has 0 unspecified atom stereocenters. The number of ether oxygens (including phenoxy) is 3. The maximum atomic E-state index is 9.31. The number of nitrogens with one attached hydrogen (secondary N) is 1. The Morgan fingerprint density at radius 3 is 2.66 bits per heavy atom. The maximum Gasteiger partial charge on any atom is 0.145 e. The van der Waals surface area contributed by atoms with E-state index in [1.54, 1.807) is 25.3 Å². The molecule has 2 heterocycles. The number of halogens is 1. The number of nitrogens with zero attached hydrogens (tertiary/aromatic N) is 4. The number of anilines is 2. The first kappa shape index (κ1) is 25.6. The SMILES string of the molecule is COc1cc(OC2CCN(C)CC2)c2c(Nc3ccc(OCc4ccccc4C#N)c(Cl)c3)ncnc2c1. The number of methoxy groups -OCH3 is 1. The lowest BCUT2D eigenvalue weighted by atomic mass is 10.1. The van der Waals surface area contributed by atoms with Gasteiger partial charge >= 0.3 is 0 Å². The third kappa shape index (κ3) is 5.75. The van der Waals surface area contributed by atoms with E-state index in [9.17, 15) is 5.26 Å². The monoisotopic (exact) mass is 529 g/mol. The zero-order valence-corrected chi connectivity index (χ0v) is 22.0. The minimum Gasteiger partial charge on any atom is -0.497 e. The summed E-state index contributed by atoms with van der Waals surface area (Å²) in [6, 6.07) is 18.7. The highest BCUT2D eigenvalue weighted by Gasteiger charge is 2.21. The fourth-order valence-electron chi connectivity index (χ4n) is 4.46. The van der Waals surface area contributed by atoms with Crippen LogP contribution < -0.4 is 19.5 Å². The van der Waals surface area contributed by atoms with Crippen LogP contribution in [0.5, 0.6) is 17.2 Å². The van der Waals surface area contributed by atoms with Gasteiger partial charge in [-0.1, -0.05) is 29.8 Å². The number of nitriles is 1. The van der Waals surface area contributed by atoms with Crippen LogP contribution in [-0.4, -0.2) is 48.2 Å². The summed E-state index contributed by atoms with van der Waals surface area (Å²) in [5, 5.41) is 13.9. The second-order valence-corrected chi connectivity index (χ2v) is 9.60. The van der Waals surface area contributed by atoms with Gasteiger partial charge in [-0.05, 0) is 44.2 Å². The molecular formula is C29H28ClN5O3. The zero-order valence-electron chi connectivity index (χ0n) is 21.3. The van der Waals surface area contributed by atoms with Gasteiger partial charge in [-0.25, -0.2) is 9.97 Å². The minimum absolute atomic E-state index is 0.103. The third-order valence-electron chi connectivity index (χ3n) is 6.59. The lowest BCUT2D eigenvalue weighted by molar-refractivity contribution is 0.115. The smallest absolute Gasteiger partial charge is 0.145 e. The average Bonchev–Trinajstić information content (AvgIpc) is 2.94. The van der Waals surface area contributed by atoms with Crippen LogP contribution in [0, 0.1) is 11.3 Å². The molecule has 0 saturated carbocycles. The number of hydrogen-bond donors (Lipinski definition) is 1. The summed E-state index contributed by atoms with van der Waals surface area (Å²) in [6.07, 6.45) is 3.50. The van der Waals surface area contributed by atoms with Crippen molar-refractivity contribution in [2.45, 2.75) is 25.6 Å². The number of rotatable bonds is 8. The number of aromatic nitrogens is 2. The van der Waals surface area contributed by atoms with Crippen LogP contribution in [0.3, 0.4) is 0 Å². The van der Waals surface area contributed by atoms with Crippen molar-refractivity contribution in [2.24, 2.45) is 0 Å². The van der Waals surface area contributed by atoms with E-state index in [-0.39, 0.29) is 12.7 Å². The molecule has 0 spiro atoms. The van der Waals surface area contributed by atoms with Gasteiger partial charge in [-0.15, -0.1) is 0 Å². The summed E-state index contributed by atoms with van der Waals surface area (Å²) >= 11 is 6.56. The molecule has 0 atom stereocenters. The van der Waals surface area contributed by atoms with Crippen LogP contribution in [0.2, 0.25) is 5.02 Å². The molecule has 3 aromatic carbocycles. The van der Waals surface area contributed by atoms with E-state index < -0.39 is 0 Å². The molecule has 1 N–H and O–H groups in total. The summed E-state index contributed by atoms with van der Waals surface area (Å²) in [6.45, 7) is 2.22. The molecule has 38 heavy (non-hydrogen) atoms. The molecule has 5 rings (SSSR count). The van der Waals surface area contributed by atoms with E-state index in [1.165, 1.54) is 6.33 Å². The third-order valence-corrected chi connectivity index (χ3v) is 6.88. The molecule has 0 radical (unpaired) electrons. The Labute approximate surface area is 226 Å². The van der Waals surface area contributed by atoms with Crippen molar-refractivity contribution in [3.63, 3.8) is 0 Å². The second-order valence-electron chi connectivity index (χ2n) is 9.19. The van der Waals surface area contributed by atoms with Crippen LogP contribution in [0.1, 0.15) is 24.0 Å². The fraction of sp³-hybridized carbons (Fsp3) is 0.276. The van der Waals surface area contributed by atoms with Crippen LogP contribution in [0.15, 0.2) is 60.9 Å². The molecule has 0 amide bonds. The molecule has 4 aromatic rings. The minimum atomic E-state index is 0.103. The van der Waals surface area contributed by atoms with Gasteiger partial charge < -0.3 is 24.4 Å². The summed E-state index contributed by atoms with van der Waals surface area (Å²) in [5.41, 5.74) is 2.83. The Morgan fingerprint density at radius 1 is 1.08 bits per heavy atom. The zero-order chi connectivity index (χ0) is 26.5. The van der Waals surface area contributed by atoms with E-state index in [0.29, 0.717) is 39.2 Å². The number of fused-ring (bicyclic) bond motifs is 1. The molecule has 1 aliphatic heterocycles. The van der Waals surface area contributed by atoms with E-state index >= 15 is 0 Å². The standard InChI is InChI=1S/C29H28ClN5O3/c1-35-11-9-22(10-12-35)38-27-15-23(36-2)14-25-28(27)29(33-18-32-25)34-21-7-8-26(24(30)13-21)37-17-20-6-4-3-5-19(20)16-31/h3-8,13-15,18,22H,9-12,17H2,1-2H3,(H,32,33,34). The summed E-state index contributed by atoms with van der Waals surface area (Å²) < 4.78 is 17.9. The Bertz CT molecular complexity index is 1480. The number of hydrogen-bond acceptors (Lipinski definition) is 8. The van der Waals surface area contributed by atoms with Crippen LogP contribution in [0.4, 0.5) is 11.5 Å². The maximum absolute atomic E-state index is 9.31. The predicted molar refractivity (Wildman–Crippen MR) is 147 cm³/mol. The highest BCUT2D eigenvalue weighted by Crippen LogP contribution is 2.37. The topological polar surface area (TPSA) is 92.5 Å². The van der Waals surface area contributed by atoms with Gasteiger partial charge in [0, 0.05) is 36.5 Å². The van der Waals surface area contributed by atoms with E-state index in [2.05, 4.69) is 33.3 Å². The van der Waals surface area contributed by atoms with Gasteiger partial charge in [0.15, 0.2) is 0 Å². The molecule has 8 nitrogen and oxygen atoms in total. The average molecular weight is 530 g/mol. The fourth-order valence-corrected chi connectivity index (χ4v) is 4.70. The molecule has 1 saturated heterocycles. The summed E-state index contributed by atoms with van der Waals surface area (Å²) in [5.74, 6) is 2.48. The second kappa shape index (κ2) is 11.5. The van der Waals surface area contributed by atoms with Crippen molar-refractivity contribution in [1.29, 1.82) is 5.26 Å². The first-order valence-corrected chi connectivity index (χ1v) is 12.8. The van der Waals surface area contributed by atoms with Crippen LogP contribution in [-0.2, 0) is 6.61 Å². The van der Waals surface area contributed by atoms with E-state index in [4.69, 9.17) is 25.8 Å². The Morgan fingerprint density at radius 2 is 1.89 bits per heavy atom. The van der Waals surface area contributed by atoms with E-state index in [0.717, 1.165) is 42.6 Å². The van der Waals surface area contributed by atoms with Gasteiger partial charge in [-0.3, -0.25) is 0 Å². The lowest BCUT2D eigenvalue weighted by Gasteiger charge is -2.29. The lowest BCUT2D eigenvalue weighted by Crippen LogP contribution is -2.35. The van der Waals surface area contributed by atoms with Crippen LogP contribution in [0.25, 0.3) is 10.9 Å². The molecule has 0 bridgehead atoms. The van der Waals surface area contributed by atoms with Gasteiger partial charge in [0.2, 0.25) is 0 Å². The Balaban J connectivity index is 1.39. The van der Waals surface area contributed by atoms with Crippen molar-refractivity contribution in [3.05, 3.63) is 77.1 Å². The van der Waals surface area contributed by atoms with Crippen molar-refractivity contribution >= 4 is 34.0 Å². The van der Waals surface area contributed by atoms with Crippen LogP contribution >= 0.6 is 11.6 Å². The predicted octanol–water partition coefficient (Wildman–Crippen LogP) is 5.96. The Kier molecular flexibility index (Phi) is 7.78. The van der Waals surface area contributed by atoms with Gasteiger partial charge in [0.1, 0.15) is 42.1 Å². The van der Waals surface area contributed by atoms with Gasteiger partial charge in [-0.2, -0.15) is 5.26 Å². The quantitative estimate of drug-likeness (QED) is 0.299.